The van der Waals surface area contributed by atoms with Gasteiger partial charge in [-0.3, -0.25) is 4.72 Å². The number of carbonyl (C=O) groups is 1. The zero-order valence-corrected chi connectivity index (χ0v) is 12.4. The number of pyridine rings is 1. The third kappa shape index (κ3) is 3.50. The Bertz CT molecular complexity index is 806. The zero-order chi connectivity index (χ0) is 15.6. The first kappa shape index (κ1) is 15.3. The molecule has 6 nitrogen and oxygen atoms in total. The molecule has 110 valence electrons. The summed E-state index contributed by atoms with van der Waals surface area (Å²) in [7, 11) is -3.95. The number of rotatable bonds is 4. The molecule has 8 heteroatoms. The first-order valence-corrected chi connectivity index (χ1v) is 7.65. The summed E-state index contributed by atoms with van der Waals surface area (Å²) in [5.41, 5.74) is 0.314. The van der Waals surface area contributed by atoms with Crippen LogP contribution in [0.3, 0.4) is 0 Å². The average molecular weight is 327 g/mol. The van der Waals surface area contributed by atoms with Gasteiger partial charge in [0.15, 0.2) is 0 Å². The highest BCUT2D eigenvalue weighted by molar-refractivity contribution is 7.92. The monoisotopic (exact) mass is 326 g/mol. The Balaban J connectivity index is 2.44. The van der Waals surface area contributed by atoms with Crippen molar-refractivity contribution in [2.45, 2.75) is 11.8 Å². The lowest BCUT2D eigenvalue weighted by molar-refractivity contribution is 0.0696. The number of carboxylic acid groups (broad SMARTS) is 1. The van der Waals surface area contributed by atoms with Crippen molar-refractivity contribution in [3.63, 3.8) is 0 Å². The highest BCUT2D eigenvalue weighted by atomic mass is 35.5. The molecule has 1 aromatic carbocycles. The summed E-state index contributed by atoms with van der Waals surface area (Å²) in [4.78, 5) is 14.7. The Labute approximate surface area is 126 Å². The number of aryl methyl sites for hydroxylation is 1. The lowest BCUT2D eigenvalue weighted by Gasteiger charge is -2.10. The van der Waals surface area contributed by atoms with Crippen molar-refractivity contribution in [2.24, 2.45) is 0 Å². The molecule has 2 N–H and O–H groups in total. The summed E-state index contributed by atoms with van der Waals surface area (Å²) in [6.07, 6.45) is 0. The number of aromatic nitrogens is 1. The molecule has 0 aliphatic heterocycles. The summed E-state index contributed by atoms with van der Waals surface area (Å²) >= 11 is 5.69. The average Bonchev–Trinajstić information content (AvgIpc) is 2.38. The van der Waals surface area contributed by atoms with Gasteiger partial charge in [0.25, 0.3) is 10.0 Å². The number of hydrogen-bond acceptors (Lipinski definition) is 4. The van der Waals surface area contributed by atoms with E-state index in [0.717, 1.165) is 6.07 Å². The van der Waals surface area contributed by atoms with E-state index in [0.29, 0.717) is 5.56 Å². The van der Waals surface area contributed by atoms with Gasteiger partial charge in [-0.2, -0.15) is 0 Å². The van der Waals surface area contributed by atoms with Gasteiger partial charge in [-0.05, 0) is 36.8 Å². The molecule has 0 amide bonds. The van der Waals surface area contributed by atoms with Crippen LogP contribution in [0.2, 0.25) is 5.15 Å². The van der Waals surface area contributed by atoms with Gasteiger partial charge in [0.2, 0.25) is 0 Å². The Hall–Kier alpha value is -2.12. The number of halogens is 1. The largest absolute Gasteiger partial charge is 0.478 e. The zero-order valence-electron chi connectivity index (χ0n) is 10.9. The van der Waals surface area contributed by atoms with Crippen molar-refractivity contribution < 1.29 is 18.3 Å². The van der Waals surface area contributed by atoms with Crippen molar-refractivity contribution in [2.75, 3.05) is 4.72 Å². The van der Waals surface area contributed by atoms with E-state index in [4.69, 9.17) is 16.7 Å². The van der Waals surface area contributed by atoms with Crippen LogP contribution in [-0.4, -0.2) is 24.5 Å². The Morgan fingerprint density at radius 1 is 1.29 bits per heavy atom. The highest BCUT2D eigenvalue weighted by Crippen LogP contribution is 2.20. The molecule has 0 saturated carbocycles. The fourth-order valence-electron chi connectivity index (χ4n) is 1.68. The number of carboxylic acids is 1. The van der Waals surface area contributed by atoms with Crippen molar-refractivity contribution >= 4 is 33.4 Å². The van der Waals surface area contributed by atoms with E-state index in [1.165, 1.54) is 24.3 Å². The molecule has 2 aromatic rings. The van der Waals surface area contributed by atoms with Gasteiger partial charge in [-0.1, -0.05) is 23.7 Å². The summed E-state index contributed by atoms with van der Waals surface area (Å²) < 4.78 is 26.9. The van der Waals surface area contributed by atoms with E-state index in [1.807, 2.05) is 0 Å². The normalized spacial score (nSPS) is 11.1. The maximum absolute atomic E-state index is 12.3. The topological polar surface area (TPSA) is 96.4 Å². The molecular weight excluding hydrogens is 316 g/mol. The molecule has 0 radical (unpaired) electrons. The van der Waals surface area contributed by atoms with E-state index in [9.17, 15) is 13.2 Å². The predicted octanol–water partition coefficient (Wildman–Crippen LogP) is 2.54. The SMILES string of the molecule is Cc1ccc(C(=O)O)cc1S(=O)(=O)Nc1cccc(Cl)n1. The molecule has 1 heterocycles. The number of sulfonamides is 1. The molecular formula is C13H11ClN2O4S. The molecule has 0 unspecified atom stereocenters. The molecule has 0 aliphatic rings. The van der Waals surface area contributed by atoms with E-state index < -0.39 is 16.0 Å². The van der Waals surface area contributed by atoms with Crippen LogP contribution in [0.15, 0.2) is 41.3 Å². The summed E-state index contributed by atoms with van der Waals surface area (Å²) in [6.45, 7) is 1.57. The minimum Gasteiger partial charge on any atom is -0.478 e. The van der Waals surface area contributed by atoms with Crippen molar-refractivity contribution in [3.05, 3.63) is 52.7 Å². The van der Waals surface area contributed by atoms with E-state index in [2.05, 4.69) is 9.71 Å². The summed E-state index contributed by atoms with van der Waals surface area (Å²) in [5.74, 6) is -1.14. The number of nitrogens with one attached hydrogen (secondary N) is 1. The van der Waals surface area contributed by atoms with Gasteiger partial charge >= 0.3 is 5.97 Å². The summed E-state index contributed by atoms with van der Waals surface area (Å²) in [6, 6.07) is 8.38. The fourth-order valence-corrected chi connectivity index (χ4v) is 3.12. The van der Waals surface area contributed by atoms with E-state index >= 15 is 0 Å². The second-order valence-electron chi connectivity index (χ2n) is 4.24. The Kier molecular flexibility index (Phi) is 4.15. The van der Waals surface area contributed by atoms with Crippen LogP contribution in [0.4, 0.5) is 5.82 Å². The molecule has 0 atom stereocenters. The third-order valence-corrected chi connectivity index (χ3v) is 4.39. The lowest BCUT2D eigenvalue weighted by Crippen LogP contribution is -2.16. The van der Waals surface area contributed by atoms with E-state index in [-0.39, 0.29) is 21.4 Å². The molecule has 2 rings (SSSR count). The molecule has 1 aromatic heterocycles. The minimum atomic E-state index is -3.95. The van der Waals surface area contributed by atoms with Crippen LogP contribution in [0.1, 0.15) is 15.9 Å². The van der Waals surface area contributed by atoms with Crippen molar-refractivity contribution in [3.8, 4) is 0 Å². The van der Waals surface area contributed by atoms with Gasteiger partial charge in [0, 0.05) is 0 Å². The molecule has 21 heavy (non-hydrogen) atoms. The van der Waals surface area contributed by atoms with Gasteiger partial charge in [-0.25, -0.2) is 18.2 Å². The molecule has 0 bridgehead atoms. The molecule has 0 aliphatic carbocycles. The van der Waals surface area contributed by atoms with Gasteiger partial charge in [-0.15, -0.1) is 0 Å². The third-order valence-electron chi connectivity index (χ3n) is 2.68. The summed E-state index contributed by atoms with van der Waals surface area (Å²) in [5, 5.41) is 9.09. The van der Waals surface area contributed by atoms with Crippen LogP contribution in [-0.2, 0) is 10.0 Å². The lowest BCUT2D eigenvalue weighted by atomic mass is 10.1. The quantitative estimate of drug-likeness (QED) is 0.842. The standard InChI is InChI=1S/C13H11ClN2O4S/c1-8-5-6-9(13(17)18)7-10(8)21(19,20)16-12-4-2-3-11(14)15-12/h2-7H,1H3,(H,15,16)(H,17,18). The van der Waals surface area contributed by atoms with Gasteiger partial charge in [0.1, 0.15) is 11.0 Å². The number of aromatic carboxylic acids is 1. The Morgan fingerprint density at radius 2 is 2.00 bits per heavy atom. The Morgan fingerprint density at radius 3 is 2.62 bits per heavy atom. The number of benzene rings is 1. The minimum absolute atomic E-state index is 0.0580. The van der Waals surface area contributed by atoms with Crippen LogP contribution in [0, 0.1) is 6.92 Å². The van der Waals surface area contributed by atoms with E-state index in [1.54, 1.807) is 13.0 Å². The number of hydrogen-bond donors (Lipinski definition) is 2. The first-order chi connectivity index (χ1) is 9.79. The second-order valence-corrected chi connectivity index (χ2v) is 6.27. The maximum atomic E-state index is 12.3. The first-order valence-electron chi connectivity index (χ1n) is 5.79. The van der Waals surface area contributed by atoms with Crippen LogP contribution >= 0.6 is 11.6 Å². The number of anilines is 1. The highest BCUT2D eigenvalue weighted by Gasteiger charge is 2.19. The van der Waals surface area contributed by atoms with Crippen molar-refractivity contribution in [1.29, 1.82) is 0 Å². The molecule has 0 fully saturated rings. The predicted molar refractivity (Wildman–Crippen MR) is 78.2 cm³/mol. The fraction of sp³-hybridized carbons (Fsp3) is 0.0769. The number of nitrogens with zero attached hydrogens (tertiary/aromatic N) is 1. The second kappa shape index (κ2) is 5.71. The van der Waals surface area contributed by atoms with Gasteiger partial charge < -0.3 is 5.11 Å². The van der Waals surface area contributed by atoms with Crippen molar-refractivity contribution in [1.82, 2.24) is 4.98 Å². The van der Waals surface area contributed by atoms with Crippen LogP contribution in [0.25, 0.3) is 0 Å². The van der Waals surface area contributed by atoms with Gasteiger partial charge in [0.05, 0.1) is 10.5 Å². The smallest absolute Gasteiger partial charge is 0.335 e. The van der Waals surface area contributed by atoms with Crippen LogP contribution in [0.5, 0.6) is 0 Å². The molecule has 0 saturated heterocycles. The maximum Gasteiger partial charge on any atom is 0.335 e. The molecule has 0 spiro atoms. The van der Waals surface area contributed by atoms with Crippen LogP contribution < -0.4 is 4.72 Å².